The van der Waals surface area contributed by atoms with Crippen LogP contribution < -0.4 is 5.84 Å². The van der Waals surface area contributed by atoms with Crippen LogP contribution >= 0.6 is 0 Å². The van der Waals surface area contributed by atoms with Gasteiger partial charge in [-0.15, -0.1) is 4.94 Å². The third-order valence-corrected chi connectivity index (χ3v) is 3.22. The van der Waals surface area contributed by atoms with Crippen molar-refractivity contribution in [2.45, 2.75) is 13.0 Å². The fraction of sp³-hybridized carbons (Fsp3) is 0.214. The number of nitrogens with two attached hydrogens (primary N) is 1. The number of hydrogen-bond acceptors (Lipinski definition) is 6. The van der Waals surface area contributed by atoms with Gasteiger partial charge in [-0.1, -0.05) is 36.4 Å². The van der Waals surface area contributed by atoms with Gasteiger partial charge in [-0.2, -0.15) is 5.01 Å². The lowest BCUT2D eigenvalue weighted by Gasteiger charge is -2.33. The van der Waals surface area contributed by atoms with Crippen molar-refractivity contribution in [3.8, 4) is 0 Å². The first-order chi connectivity index (χ1) is 10.1. The topological polar surface area (TPSA) is 82.0 Å². The van der Waals surface area contributed by atoms with Crippen molar-refractivity contribution >= 4 is 12.0 Å². The van der Waals surface area contributed by atoms with Crippen LogP contribution in [0.1, 0.15) is 17.5 Å². The smallest absolute Gasteiger partial charge is 0.307 e. The van der Waals surface area contributed by atoms with Gasteiger partial charge in [0.2, 0.25) is 0 Å². The summed E-state index contributed by atoms with van der Waals surface area (Å²) in [6.45, 7) is 1.36. The first kappa shape index (κ1) is 13.8. The Morgan fingerprint density at radius 3 is 2.86 bits per heavy atom. The predicted molar refractivity (Wildman–Crippen MR) is 75.2 cm³/mol. The highest BCUT2D eigenvalue weighted by Crippen LogP contribution is 2.28. The lowest BCUT2D eigenvalue weighted by atomic mass is 10.1. The minimum atomic E-state index is -0.834. The van der Waals surface area contributed by atoms with Crippen molar-refractivity contribution < 1.29 is 14.8 Å². The van der Waals surface area contributed by atoms with Gasteiger partial charge in [-0.3, -0.25) is 4.79 Å². The molecule has 0 unspecified atom stereocenters. The Bertz CT molecular complexity index is 597. The zero-order valence-electron chi connectivity index (χ0n) is 11.3. The number of carboxylic acid groups (broad SMARTS) is 1. The number of rotatable bonds is 5. The highest BCUT2D eigenvalue weighted by Gasteiger charge is 2.34. The fourth-order valence-electron chi connectivity index (χ4n) is 2.06. The van der Waals surface area contributed by atoms with Gasteiger partial charge in [0.1, 0.15) is 0 Å². The van der Waals surface area contributed by atoms with Gasteiger partial charge in [-0.25, -0.2) is 10.9 Å². The van der Waals surface area contributed by atoms with Crippen LogP contribution in [0.2, 0.25) is 0 Å². The molecule has 1 fully saturated rings. The number of hydroxylamine groups is 2. The van der Waals surface area contributed by atoms with Crippen molar-refractivity contribution in [3.63, 3.8) is 0 Å². The molecule has 21 heavy (non-hydrogen) atoms. The monoisotopic (exact) mass is 288 g/mol. The minimum Gasteiger partial charge on any atom is -0.481 e. The van der Waals surface area contributed by atoms with E-state index in [4.69, 9.17) is 15.9 Å². The number of carboxylic acids is 1. The SMILES string of the molecule is NN1ON2C=C2CN1Cc1ccc(/C=C/CC(=O)O)cc1. The normalized spacial score (nSPS) is 18.7. The third-order valence-electron chi connectivity index (χ3n) is 3.22. The first-order valence-electron chi connectivity index (χ1n) is 6.57. The zero-order chi connectivity index (χ0) is 14.8. The number of hydrogen-bond donors (Lipinski definition) is 2. The Morgan fingerprint density at radius 2 is 2.14 bits per heavy atom. The number of fused-ring (bicyclic) bond motifs is 1. The van der Waals surface area contributed by atoms with Crippen molar-refractivity contribution in [2.75, 3.05) is 6.54 Å². The van der Waals surface area contributed by atoms with E-state index in [1.54, 1.807) is 17.2 Å². The van der Waals surface area contributed by atoms with E-state index in [9.17, 15) is 4.79 Å². The van der Waals surface area contributed by atoms with Gasteiger partial charge in [-0.05, 0) is 16.4 Å². The summed E-state index contributed by atoms with van der Waals surface area (Å²) in [5, 5.41) is 13.3. The summed E-state index contributed by atoms with van der Waals surface area (Å²) < 4.78 is 0. The molecule has 0 atom stereocenters. The van der Waals surface area contributed by atoms with Gasteiger partial charge in [0.25, 0.3) is 0 Å². The Morgan fingerprint density at radius 1 is 1.38 bits per heavy atom. The lowest BCUT2D eigenvalue weighted by Crippen LogP contribution is -2.51. The first-order valence-corrected chi connectivity index (χ1v) is 6.57. The second-order valence-electron chi connectivity index (χ2n) is 4.89. The summed E-state index contributed by atoms with van der Waals surface area (Å²) in [6, 6.07) is 7.87. The summed E-state index contributed by atoms with van der Waals surface area (Å²) >= 11 is 0. The Hall–Kier alpha value is -2.19. The fourth-order valence-corrected chi connectivity index (χ4v) is 2.06. The maximum absolute atomic E-state index is 10.4. The van der Waals surface area contributed by atoms with Gasteiger partial charge >= 0.3 is 5.97 Å². The van der Waals surface area contributed by atoms with Gasteiger partial charge in [0.05, 0.1) is 24.9 Å². The number of hydrazine groups is 2. The zero-order valence-corrected chi connectivity index (χ0v) is 11.3. The van der Waals surface area contributed by atoms with Crippen molar-refractivity contribution in [3.05, 3.63) is 53.4 Å². The van der Waals surface area contributed by atoms with Gasteiger partial charge in [0.15, 0.2) is 0 Å². The molecule has 110 valence electrons. The molecule has 0 spiro atoms. The average molecular weight is 288 g/mol. The maximum Gasteiger partial charge on any atom is 0.307 e. The molecule has 3 rings (SSSR count). The van der Waals surface area contributed by atoms with Crippen molar-refractivity contribution in [1.82, 2.24) is 15.4 Å². The molecule has 0 aromatic heterocycles. The number of nitrogens with zero attached hydrogens (tertiary/aromatic N) is 3. The molecule has 0 amide bonds. The van der Waals surface area contributed by atoms with Crippen LogP contribution in [-0.4, -0.2) is 33.0 Å². The highest BCUT2D eigenvalue weighted by molar-refractivity contribution is 5.70. The molecule has 0 aliphatic carbocycles. The van der Waals surface area contributed by atoms with E-state index in [1.807, 2.05) is 35.5 Å². The van der Waals surface area contributed by atoms with Gasteiger partial charge < -0.3 is 5.11 Å². The predicted octanol–water partition coefficient (Wildman–Crippen LogP) is 1.08. The minimum absolute atomic E-state index is 0.0284. The van der Waals surface area contributed by atoms with Gasteiger partial charge in [0, 0.05) is 6.54 Å². The summed E-state index contributed by atoms with van der Waals surface area (Å²) in [5.74, 6) is 4.93. The quantitative estimate of drug-likeness (QED) is 0.785. The van der Waals surface area contributed by atoms with E-state index < -0.39 is 5.97 Å². The van der Waals surface area contributed by atoms with E-state index >= 15 is 0 Å². The van der Waals surface area contributed by atoms with Crippen LogP contribution in [0.4, 0.5) is 0 Å². The van der Waals surface area contributed by atoms with Crippen LogP contribution in [0.3, 0.4) is 0 Å². The number of benzene rings is 1. The number of aliphatic carboxylic acids is 1. The molecule has 2 heterocycles. The molecular weight excluding hydrogens is 272 g/mol. The maximum atomic E-state index is 10.4. The second-order valence-corrected chi connectivity index (χ2v) is 4.89. The van der Waals surface area contributed by atoms with Crippen LogP contribution in [0.15, 0.2) is 42.2 Å². The van der Waals surface area contributed by atoms with Crippen molar-refractivity contribution in [1.29, 1.82) is 0 Å². The van der Waals surface area contributed by atoms with Crippen LogP contribution in [-0.2, 0) is 16.3 Å². The van der Waals surface area contributed by atoms with Crippen LogP contribution in [0.5, 0.6) is 0 Å². The second kappa shape index (κ2) is 5.66. The molecule has 7 nitrogen and oxygen atoms in total. The lowest BCUT2D eigenvalue weighted by molar-refractivity contribution is -0.383. The Kier molecular flexibility index (Phi) is 3.72. The molecule has 0 bridgehead atoms. The van der Waals surface area contributed by atoms with E-state index in [2.05, 4.69) is 0 Å². The van der Waals surface area contributed by atoms with E-state index in [-0.39, 0.29) is 6.42 Å². The summed E-state index contributed by atoms with van der Waals surface area (Å²) in [6.07, 6.45) is 5.34. The molecule has 1 saturated heterocycles. The standard InChI is InChI=1S/C14H16N4O3/c15-18-16(9-13-10-17(13)21-18)8-12-6-4-11(5-7-12)2-1-3-14(19)20/h1-2,4-7,10H,3,8-9,15H2,(H,19,20)/b2-1+. The van der Waals surface area contributed by atoms with E-state index in [1.165, 1.54) is 5.28 Å². The molecule has 2 aliphatic rings. The van der Waals surface area contributed by atoms with Crippen molar-refractivity contribution in [2.24, 2.45) is 5.84 Å². The molecular formula is C14H16N4O3. The van der Waals surface area contributed by atoms with E-state index in [0.717, 1.165) is 23.4 Å². The summed E-state index contributed by atoms with van der Waals surface area (Å²) in [4.78, 5) is 15.7. The Balaban J connectivity index is 1.57. The van der Waals surface area contributed by atoms with E-state index in [0.29, 0.717) is 6.54 Å². The molecule has 1 aromatic rings. The summed E-state index contributed by atoms with van der Waals surface area (Å²) in [5.41, 5.74) is 3.17. The molecule has 7 heteroatoms. The highest BCUT2D eigenvalue weighted by atomic mass is 16.9. The molecule has 0 saturated carbocycles. The molecule has 3 N–H and O–H groups in total. The largest absolute Gasteiger partial charge is 0.481 e. The summed E-state index contributed by atoms with van der Waals surface area (Å²) in [7, 11) is 0. The molecule has 1 aromatic carbocycles. The molecule has 2 aliphatic heterocycles. The Labute approximate surface area is 121 Å². The van der Waals surface area contributed by atoms with Crippen LogP contribution in [0, 0.1) is 0 Å². The van der Waals surface area contributed by atoms with Crippen LogP contribution in [0.25, 0.3) is 6.08 Å². The third kappa shape index (κ3) is 3.47. The average Bonchev–Trinajstić information content (AvgIpc) is 3.18. The molecule has 0 radical (unpaired) electrons. The number of carbonyl (C=O) groups is 1.